The van der Waals surface area contributed by atoms with E-state index in [4.69, 9.17) is 0 Å². The van der Waals surface area contributed by atoms with Gasteiger partial charge < -0.3 is 5.73 Å². The maximum Gasteiger partial charge on any atom is 0.0843 e. The molecule has 1 saturated carbocycles. The normalized spacial score (nSPS) is 25.5. The van der Waals surface area contributed by atoms with Gasteiger partial charge in [0.05, 0.1) is 6.04 Å². The Balaban J connectivity index is 2.18. The highest BCUT2D eigenvalue weighted by molar-refractivity contribution is 4.61. The van der Waals surface area contributed by atoms with Gasteiger partial charge in [0.25, 0.3) is 0 Å². The number of hydrogen-bond donors (Lipinski definition) is 1. The van der Waals surface area contributed by atoms with Gasteiger partial charge in [-0.15, -0.1) is 0 Å². The first-order chi connectivity index (χ1) is 2.89. The summed E-state index contributed by atoms with van der Waals surface area (Å²) < 4.78 is 0. The molecule has 0 saturated heterocycles. The minimum absolute atomic E-state index is 0.796. The van der Waals surface area contributed by atoms with E-state index in [2.05, 4.69) is 5.73 Å². The van der Waals surface area contributed by atoms with Gasteiger partial charge in [0.15, 0.2) is 0 Å². The summed E-state index contributed by atoms with van der Waals surface area (Å²) in [5, 5.41) is 0. The molecule has 0 atom stereocenters. The van der Waals surface area contributed by atoms with Crippen molar-refractivity contribution < 1.29 is 5.73 Å². The van der Waals surface area contributed by atoms with Crippen LogP contribution in [0.1, 0.15) is 25.7 Å². The first-order valence-corrected chi connectivity index (χ1v) is 2.72. The standard InChI is InChI=1S/C5H11N/c6-5-3-1-2-4-5/h5H,1-4,6H2/p+1. The molecule has 1 aliphatic rings. The maximum absolute atomic E-state index is 3.94. The van der Waals surface area contributed by atoms with Gasteiger partial charge in [0.1, 0.15) is 0 Å². The third-order valence-electron chi connectivity index (χ3n) is 1.47. The van der Waals surface area contributed by atoms with Gasteiger partial charge in [-0.3, -0.25) is 0 Å². The molecule has 0 aliphatic heterocycles. The zero-order chi connectivity index (χ0) is 4.41. The van der Waals surface area contributed by atoms with Crippen LogP contribution >= 0.6 is 0 Å². The highest BCUT2D eigenvalue weighted by atomic mass is 14.6. The number of quaternary nitrogens is 1. The summed E-state index contributed by atoms with van der Waals surface area (Å²) in [5.74, 6) is 0. The molecule has 6 heavy (non-hydrogen) atoms. The summed E-state index contributed by atoms with van der Waals surface area (Å²) in [6.07, 6.45) is 5.60. The van der Waals surface area contributed by atoms with Crippen molar-refractivity contribution in [3.8, 4) is 0 Å². The second-order valence-corrected chi connectivity index (χ2v) is 2.15. The van der Waals surface area contributed by atoms with Crippen LogP contribution in [0, 0.1) is 0 Å². The summed E-state index contributed by atoms with van der Waals surface area (Å²) in [4.78, 5) is 0. The molecule has 1 aliphatic carbocycles. The van der Waals surface area contributed by atoms with Gasteiger partial charge in [-0.25, -0.2) is 0 Å². The summed E-state index contributed by atoms with van der Waals surface area (Å²) in [7, 11) is 0. The zero-order valence-corrected chi connectivity index (χ0v) is 4.11. The van der Waals surface area contributed by atoms with Crippen LogP contribution in [-0.4, -0.2) is 6.04 Å². The average molecular weight is 86.2 g/mol. The SMILES string of the molecule is [NH3+]C1CCCC1. The predicted octanol–water partition coefficient (Wildman–Crippen LogP) is 0.171. The molecule has 0 radical (unpaired) electrons. The lowest BCUT2D eigenvalue weighted by Crippen LogP contribution is -2.59. The lowest BCUT2D eigenvalue weighted by atomic mass is 10.3. The molecular weight excluding hydrogens is 74.1 g/mol. The lowest BCUT2D eigenvalue weighted by Gasteiger charge is -1.88. The fraction of sp³-hybridized carbons (Fsp3) is 1.00. The Bertz CT molecular complexity index is 37.2. The molecule has 36 valence electrons. The molecule has 0 spiro atoms. The molecule has 1 rings (SSSR count). The first kappa shape index (κ1) is 4.13. The lowest BCUT2D eigenvalue weighted by molar-refractivity contribution is -0.417. The Morgan fingerprint density at radius 2 is 1.67 bits per heavy atom. The fourth-order valence-corrected chi connectivity index (χ4v) is 1.01. The molecule has 0 bridgehead atoms. The third kappa shape index (κ3) is 0.716. The molecule has 0 amide bonds. The van der Waals surface area contributed by atoms with E-state index in [1.807, 2.05) is 0 Å². The first-order valence-electron chi connectivity index (χ1n) is 2.72. The second kappa shape index (κ2) is 1.61. The number of hydrogen-bond acceptors (Lipinski definition) is 0. The van der Waals surface area contributed by atoms with E-state index in [-0.39, 0.29) is 0 Å². The zero-order valence-electron chi connectivity index (χ0n) is 4.11. The highest BCUT2D eigenvalue weighted by Crippen LogP contribution is 2.13. The van der Waals surface area contributed by atoms with E-state index < -0.39 is 0 Å². The van der Waals surface area contributed by atoms with Crippen LogP contribution in [0.15, 0.2) is 0 Å². The second-order valence-electron chi connectivity index (χ2n) is 2.15. The van der Waals surface area contributed by atoms with Crippen LogP contribution < -0.4 is 5.73 Å². The van der Waals surface area contributed by atoms with E-state index in [9.17, 15) is 0 Å². The Kier molecular flexibility index (Phi) is 1.10. The van der Waals surface area contributed by atoms with Crippen LogP contribution in [0.4, 0.5) is 0 Å². The summed E-state index contributed by atoms with van der Waals surface area (Å²) in [6.45, 7) is 0. The van der Waals surface area contributed by atoms with E-state index in [1.165, 1.54) is 25.7 Å². The molecule has 1 nitrogen and oxygen atoms in total. The van der Waals surface area contributed by atoms with E-state index in [0.717, 1.165) is 6.04 Å². The van der Waals surface area contributed by atoms with E-state index >= 15 is 0 Å². The molecule has 1 heteroatoms. The van der Waals surface area contributed by atoms with Crippen LogP contribution in [0.2, 0.25) is 0 Å². The molecule has 1 fully saturated rings. The van der Waals surface area contributed by atoms with Crippen LogP contribution in [0.5, 0.6) is 0 Å². The van der Waals surface area contributed by atoms with Crippen LogP contribution in [0.3, 0.4) is 0 Å². The smallest absolute Gasteiger partial charge is 0.0843 e. The highest BCUT2D eigenvalue weighted by Gasteiger charge is 2.11. The van der Waals surface area contributed by atoms with Crippen LogP contribution in [-0.2, 0) is 0 Å². The molecule has 3 N–H and O–H groups in total. The summed E-state index contributed by atoms with van der Waals surface area (Å²) >= 11 is 0. The van der Waals surface area contributed by atoms with Gasteiger partial charge in [0.2, 0.25) is 0 Å². The quantitative estimate of drug-likeness (QED) is 0.435. The molecule has 0 aromatic carbocycles. The van der Waals surface area contributed by atoms with Gasteiger partial charge in [-0.05, 0) is 25.7 Å². The molecule has 0 aromatic heterocycles. The Labute approximate surface area is 38.5 Å². The van der Waals surface area contributed by atoms with Crippen molar-refractivity contribution >= 4 is 0 Å². The largest absolute Gasteiger partial charge is 0.355 e. The van der Waals surface area contributed by atoms with Crippen molar-refractivity contribution in [3.05, 3.63) is 0 Å². The van der Waals surface area contributed by atoms with Crippen molar-refractivity contribution in [3.63, 3.8) is 0 Å². The van der Waals surface area contributed by atoms with Crippen LogP contribution in [0.25, 0.3) is 0 Å². The van der Waals surface area contributed by atoms with Gasteiger partial charge in [0, 0.05) is 0 Å². The van der Waals surface area contributed by atoms with Crippen molar-refractivity contribution in [1.82, 2.24) is 0 Å². The van der Waals surface area contributed by atoms with E-state index in [1.54, 1.807) is 0 Å². The van der Waals surface area contributed by atoms with Crippen molar-refractivity contribution in [2.75, 3.05) is 0 Å². The Hall–Kier alpha value is -0.0400. The number of rotatable bonds is 0. The Morgan fingerprint density at radius 3 is 1.83 bits per heavy atom. The Morgan fingerprint density at radius 1 is 1.17 bits per heavy atom. The molecule has 0 unspecified atom stereocenters. The minimum Gasteiger partial charge on any atom is -0.355 e. The monoisotopic (exact) mass is 86.1 g/mol. The fourth-order valence-electron chi connectivity index (χ4n) is 1.01. The van der Waals surface area contributed by atoms with Gasteiger partial charge in [-0.1, -0.05) is 0 Å². The molecule has 0 heterocycles. The maximum atomic E-state index is 3.94. The summed E-state index contributed by atoms with van der Waals surface area (Å²) in [5.41, 5.74) is 3.94. The van der Waals surface area contributed by atoms with Crippen molar-refractivity contribution in [2.24, 2.45) is 0 Å². The van der Waals surface area contributed by atoms with Crippen molar-refractivity contribution in [1.29, 1.82) is 0 Å². The third-order valence-corrected chi connectivity index (χ3v) is 1.47. The van der Waals surface area contributed by atoms with E-state index in [0.29, 0.717) is 0 Å². The van der Waals surface area contributed by atoms with Crippen molar-refractivity contribution in [2.45, 2.75) is 31.7 Å². The summed E-state index contributed by atoms with van der Waals surface area (Å²) in [6, 6.07) is 0.796. The minimum atomic E-state index is 0.796. The topological polar surface area (TPSA) is 27.6 Å². The predicted molar refractivity (Wildman–Crippen MR) is 25.1 cm³/mol. The molecular formula is C5H12N+. The average Bonchev–Trinajstić information content (AvgIpc) is 1.86. The van der Waals surface area contributed by atoms with Gasteiger partial charge in [-0.2, -0.15) is 0 Å². The molecule has 0 aromatic rings. The van der Waals surface area contributed by atoms with Gasteiger partial charge >= 0.3 is 0 Å².